The van der Waals surface area contributed by atoms with Gasteiger partial charge in [0.15, 0.2) is 5.78 Å². The maximum Gasteiger partial charge on any atom is 0.231 e. The lowest BCUT2D eigenvalue weighted by atomic mass is 9.90. The van der Waals surface area contributed by atoms with Gasteiger partial charge in [-0.05, 0) is 12.8 Å². The maximum absolute atomic E-state index is 12.0. The zero-order valence-corrected chi connectivity index (χ0v) is 11.2. The summed E-state index contributed by atoms with van der Waals surface area (Å²) in [4.78, 5) is 25.0. The molecule has 1 fully saturated rings. The summed E-state index contributed by atoms with van der Waals surface area (Å²) in [5.41, 5.74) is 4.90. The molecule has 98 valence electrons. The van der Waals surface area contributed by atoms with Crippen molar-refractivity contribution in [3.8, 4) is 0 Å². The van der Waals surface area contributed by atoms with Crippen molar-refractivity contribution in [2.45, 2.75) is 52.5 Å². The van der Waals surface area contributed by atoms with Gasteiger partial charge in [0.25, 0.3) is 0 Å². The standard InChI is InChI=1S/C13H24N2O2/c1-13(2,3)11(16)8-15(9-12(14)17)10-6-4-5-7-10/h10H,4-9H2,1-3H3,(H2,14,17). The van der Waals surface area contributed by atoms with Crippen molar-refractivity contribution in [2.24, 2.45) is 11.1 Å². The van der Waals surface area contributed by atoms with Gasteiger partial charge in [-0.15, -0.1) is 0 Å². The van der Waals surface area contributed by atoms with Crippen LogP contribution in [-0.2, 0) is 9.59 Å². The highest BCUT2D eigenvalue weighted by Gasteiger charge is 2.29. The summed E-state index contributed by atoms with van der Waals surface area (Å²) in [6.07, 6.45) is 4.52. The van der Waals surface area contributed by atoms with Crippen molar-refractivity contribution in [1.29, 1.82) is 0 Å². The van der Waals surface area contributed by atoms with Gasteiger partial charge >= 0.3 is 0 Å². The van der Waals surface area contributed by atoms with Crippen LogP contribution in [0.15, 0.2) is 0 Å². The lowest BCUT2D eigenvalue weighted by molar-refractivity contribution is -0.129. The van der Waals surface area contributed by atoms with Gasteiger partial charge in [-0.3, -0.25) is 14.5 Å². The molecule has 0 aromatic carbocycles. The molecule has 0 radical (unpaired) electrons. The average Bonchev–Trinajstić information content (AvgIpc) is 2.66. The number of Topliss-reactive ketones (excluding diaryl/α,β-unsaturated/α-hetero) is 1. The monoisotopic (exact) mass is 240 g/mol. The highest BCUT2D eigenvalue weighted by atomic mass is 16.1. The first-order chi connectivity index (χ1) is 7.80. The lowest BCUT2D eigenvalue weighted by Crippen LogP contribution is -2.45. The van der Waals surface area contributed by atoms with E-state index in [-0.39, 0.29) is 23.7 Å². The molecule has 4 heteroatoms. The van der Waals surface area contributed by atoms with Crippen LogP contribution in [0.1, 0.15) is 46.5 Å². The molecule has 1 amide bonds. The number of hydrogen-bond donors (Lipinski definition) is 1. The first-order valence-electron chi connectivity index (χ1n) is 6.36. The van der Waals surface area contributed by atoms with Gasteiger partial charge < -0.3 is 5.73 Å². The molecule has 0 unspecified atom stereocenters. The summed E-state index contributed by atoms with van der Waals surface area (Å²) >= 11 is 0. The van der Waals surface area contributed by atoms with E-state index >= 15 is 0 Å². The second-order valence-corrected chi connectivity index (χ2v) is 5.98. The zero-order chi connectivity index (χ0) is 13.1. The van der Waals surface area contributed by atoms with Crippen molar-refractivity contribution in [3.05, 3.63) is 0 Å². The van der Waals surface area contributed by atoms with Crippen LogP contribution >= 0.6 is 0 Å². The van der Waals surface area contributed by atoms with Crippen LogP contribution in [0.3, 0.4) is 0 Å². The Balaban J connectivity index is 2.63. The van der Waals surface area contributed by atoms with Gasteiger partial charge in [0, 0.05) is 11.5 Å². The number of nitrogens with zero attached hydrogens (tertiary/aromatic N) is 1. The Labute approximate surface area is 104 Å². The molecule has 0 heterocycles. The minimum absolute atomic E-state index is 0.172. The Morgan fingerprint density at radius 2 is 1.71 bits per heavy atom. The predicted octanol–water partition coefficient (Wildman–Crippen LogP) is 1.33. The van der Waals surface area contributed by atoms with Crippen molar-refractivity contribution in [1.82, 2.24) is 4.90 Å². The minimum Gasteiger partial charge on any atom is -0.369 e. The summed E-state index contributed by atoms with van der Waals surface area (Å²) < 4.78 is 0. The van der Waals surface area contributed by atoms with E-state index in [9.17, 15) is 9.59 Å². The fourth-order valence-corrected chi connectivity index (χ4v) is 2.21. The zero-order valence-electron chi connectivity index (χ0n) is 11.2. The van der Waals surface area contributed by atoms with Gasteiger partial charge in [0.1, 0.15) is 0 Å². The smallest absolute Gasteiger partial charge is 0.231 e. The molecule has 0 aromatic heterocycles. The van der Waals surface area contributed by atoms with Crippen molar-refractivity contribution < 1.29 is 9.59 Å². The summed E-state index contributed by atoms with van der Waals surface area (Å²) in [7, 11) is 0. The highest BCUT2D eigenvalue weighted by Crippen LogP contribution is 2.24. The third-order valence-corrected chi connectivity index (χ3v) is 3.38. The Morgan fingerprint density at radius 3 is 2.12 bits per heavy atom. The SMILES string of the molecule is CC(C)(C)C(=O)CN(CC(N)=O)C1CCCC1. The normalized spacial score (nSPS) is 17.6. The summed E-state index contributed by atoms with van der Waals surface area (Å²) in [5, 5.41) is 0. The lowest BCUT2D eigenvalue weighted by Gasteiger charge is -2.29. The third kappa shape index (κ3) is 4.46. The molecule has 4 nitrogen and oxygen atoms in total. The molecule has 0 saturated heterocycles. The second-order valence-electron chi connectivity index (χ2n) is 5.98. The molecule has 2 N–H and O–H groups in total. The summed E-state index contributed by atoms with van der Waals surface area (Å²) in [6, 6.07) is 0.355. The fraction of sp³-hybridized carbons (Fsp3) is 0.846. The average molecular weight is 240 g/mol. The Morgan fingerprint density at radius 1 is 1.18 bits per heavy atom. The van der Waals surface area contributed by atoms with Crippen LogP contribution in [0.2, 0.25) is 0 Å². The summed E-state index contributed by atoms with van der Waals surface area (Å²) in [5.74, 6) is -0.177. The van der Waals surface area contributed by atoms with Crippen LogP contribution in [0.4, 0.5) is 0 Å². The van der Waals surface area contributed by atoms with Crippen LogP contribution < -0.4 is 5.73 Å². The van der Waals surface area contributed by atoms with E-state index in [4.69, 9.17) is 5.73 Å². The molecule has 17 heavy (non-hydrogen) atoms. The Hall–Kier alpha value is -0.900. The predicted molar refractivity (Wildman–Crippen MR) is 67.5 cm³/mol. The number of hydrogen-bond acceptors (Lipinski definition) is 3. The molecule has 1 saturated carbocycles. The number of rotatable bonds is 5. The van der Waals surface area contributed by atoms with Crippen LogP contribution in [0.5, 0.6) is 0 Å². The Bertz CT molecular complexity index is 288. The number of amides is 1. The van der Waals surface area contributed by atoms with E-state index in [0.29, 0.717) is 12.6 Å². The molecule has 1 aliphatic carbocycles. The van der Waals surface area contributed by atoms with Crippen molar-refractivity contribution in [2.75, 3.05) is 13.1 Å². The van der Waals surface area contributed by atoms with E-state index in [0.717, 1.165) is 12.8 Å². The maximum atomic E-state index is 12.0. The van der Waals surface area contributed by atoms with Gasteiger partial charge in [0.05, 0.1) is 13.1 Å². The van der Waals surface area contributed by atoms with E-state index in [1.807, 2.05) is 25.7 Å². The minimum atomic E-state index is -0.353. The largest absolute Gasteiger partial charge is 0.369 e. The van der Waals surface area contributed by atoms with E-state index < -0.39 is 0 Å². The highest BCUT2D eigenvalue weighted by molar-refractivity contribution is 5.86. The topological polar surface area (TPSA) is 63.4 Å². The molecule has 0 atom stereocenters. The number of nitrogens with two attached hydrogens (primary N) is 1. The summed E-state index contributed by atoms with van der Waals surface area (Å²) in [6.45, 7) is 6.27. The molecular weight excluding hydrogens is 216 g/mol. The van der Waals surface area contributed by atoms with Gasteiger partial charge in [-0.25, -0.2) is 0 Å². The Kier molecular flexibility index (Phi) is 4.69. The number of carbonyl (C=O) groups is 2. The molecule has 0 aliphatic heterocycles. The molecule has 1 rings (SSSR count). The van der Waals surface area contributed by atoms with Crippen molar-refractivity contribution >= 4 is 11.7 Å². The molecule has 1 aliphatic rings. The number of primary amides is 1. The number of carbonyl (C=O) groups excluding carboxylic acids is 2. The fourth-order valence-electron chi connectivity index (χ4n) is 2.21. The van der Waals surface area contributed by atoms with Gasteiger partial charge in [-0.1, -0.05) is 33.6 Å². The first kappa shape index (κ1) is 14.2. The molecule has 0 spiro atoms. The first-order valence-corrected chi connectivity index (χ1v) is 6.36. The quantitative estimate of drug-likeness (QED) is 0.788. The number of ketones is 1. The van der Waals surface area contributed by atoms with Crippen molar-refractivity contribution in [3.63, 3.8) is 0 Å². The van der Waals surface area contributed by atoms with Crippen LogP contribution in [0, 0.1) is 5.41 Å². The van der Waals surface area contributed by atoms with Gasteiger partial charge in [0.2, 0.25) is 5.91 Å². The molecular formula is C13H24N2O2. The van der Waals surface area contributed by atoms with E-state index in [2.05, 4.69) is 0 Å². The van der Waals surface area contributed by atoms with Crippen LogP contribution in [-0.4, -0.2) is 35.7 Å². The van der Waals surface area contributed by atoms with E-state index in [1.54, 1.807) is 0 Å². The second kappa shape index (κ2) is 5.63. The molecule has 0 aromatic rings. The van der Waals surface area contributed by atoms with Gasteiger partial charge in [-0.2, -0.15) is 0 Å². The van der Waals surface area contributed by atoms with Crippen LogP contribution in [0.25, 0.3) is 0 Å². The third-order valence-electron chi connectivity index (χ3n) is 3.38. The van der Waals surface area contributed by atoms with E-state index in [1.165, 1.54) is 12.8 Å². The molecule has 0 bridgehead atoms.